The predicted molar refractivity (Wildman–Crippen MR) is 104 cm³/mol. The highest BCUT2D eigenvalue weighted by molar-refractivity contribution is 6.30. The number of ether oxygens (including phenoxy) is 1. The van der Waals surface area contributed by atoms with Gasteiger partial charge in [-0.25, -0.2) is 9.48 Å². The largest absolute Gasteiger partial charge is 0.495 e. The van der Waals surface area contributed by atoms with Gasteiger partial charge in [-0.1, -0.05) is 28.4 Å². The molecular formula is C18H16Cl2N4O4. The van der Waals surface area contributed by atoms with E-state index in [1.54, 1.807) is 24.4 Å². The lowest BCUT2D eigenvalue weighted by Gasteiger charge is -2.16. The summed E-state index contributed by atoms with van der Waals surface area (Å²) in [4.78, 5) is 23.7. The Hall–Kier alpha value is -2.84. The number of benzene rings is 1. The Morgan fingerprint density at radius 2 is 2.00 bits per heavy atom. The molecule has 1 unspecified atom stereocenters. The Morgan fingerprint density at radius 3 is 2.61 bits per heavy atom. The van der Waals surface area contributed by atoms with Gasteiger partial charge in [0.1, 0.15) is 11.8 Å². The molecule has 0 fully saturated rings. The van der Waals surface area contributed by atoms with Gasteiger partial charge < -0.3 is 9.84 Å². The first-order valence-electron chi connectivity index (χ1n) is 8.18. The van der Waals surface area contributed by atoms with Crippen molar-refractivity contribution in [2.75, 3.05) is 7.11 Å². The molecule has 2 heterocycles. The Kier molecular flexibility index (Phi) is 5.71. The number of carboxylic acid groups (broad SMARTS) is 1. The summed E-state index contributed by atoms with van der Waals surface area (Å²) in [5.74, 6) is -0.729. The van der Waals surface area contributed by atoms with E-state index in [4.69, 9.17) is 27.9 Å². The number of methoxy groups -OCH3 is 1. The molecular weight excluding hydrogens is 407 g/mol. The maximum atomic E-state index is 12.4. The third-order valence-electron chi connectivity index (χ3n) is 4.25. The monoisotopic (exact) mass is 422 g/mol. The molecule has 0 saturated carbocycles. The van der Waals surface area contributed by atoms with Crippen molar-refractivity contribution in [2.24, 2.45) is 0 Å². The molecule has 1 aromatic carbocycles. The smallest absolute Gasteiger partial charge is 0.326 e. The molecule has 0 aliphatic carbocycles. The molecule has 10 heteroatoms. The van der Waals surface area contributed by atoms with Gasteiger partial charge >= 0.3 is 5.97 Å². The molecule has 146 valence electrons. The third kappa shape index (κ3) is 4.02. The number of hydrogen-bond donors (Lipinski definition) is 1. The number of nitrogens with zero attached hydrogens (tertiary/aromatic N) is 4. The van der Waals surface area contributed by atoms with Crippen LogP contribution in [0.25, 0.3) is 5.69 Å². The molecule has 0 aliphatic heterocycles. The quantitative estimate of drug-likeness (QED) is 0.655. The van der Waals surface area contributed by atoms with E-state index >= 15 is 0 Å². The van der Waals surface area contributed by atoms with Gasteiger partial charge in [0, 0.05) is 23.1 Å². The minimum Gasteiger partial charge on any atom is -0.495 e. The van der Waals surface area contributed by atoms with Crippen molar-refractivity contribution in [1.82, 2.24) is 19.6 Å². The van der Waals surface area contributed by atoms with Gasteiger partial charge in [-0.2, -0.15) is 0 Å². The molecule has 3 aromatic rings. The molecule has 0 aliphatic rings. The van der Waals surface area contributed by atoms with E-state index in [-0.39, 0.29) is 5.15 Å². The lowest BCUT2D eigenvalue weighted by Crippen LogP contribution is -2.27. The number of rotatable bonds is 6. The Balaban J connectivity index is 2.07. The van der Waals surface area contributed by atoms with Crippen molar-refractivity contribution in [1.29, 1.82) is 0 Å². The van der Waals surface area contributed by atoms with Crippen LogP contribution in [0.1, 0.15) is 24.1 Å². The van der Waals surface area contributed by atoms with E-state index in [0.29, 0.717) is 28.4 Å². The van der Waals surface area contributed by atoms with E-state index < -0.39 is 17.6 Å². The number of aliphatic carboxylic acids is 1. The molecule has 0 saturated heterocycles. The average molecular weight is 423 g/mol. The number of carbonyl (C=O) groups is 1. The van der Waals surface area contributed by atoms with Crippen molar-refractivity contribution in [3.8, 4) is 11.4 Å². The molecule has 0 amide bonds. The Bertz CT molecular complexity index is 1090. The highest BCUT2D eigenvalue weighted by Gasteiger charge is 2.18. The molecule has 0 radical (unpaired) electrons. The van der Waals surface area contributed by atoms with Crippen molar-refractivity contribution in [3.63, 3.8) is 0 Å². The normalized spacial score (nSPS) is 12.0. The van der Waals surface area contributed by atoms with Crippen LogP contribution in [0.2, 0.25) is 10.2 Å². The van der Waals surface area contributed by atoms with Gasteiger partial charge in [0.25, 0.3) is 5.56 Å². The Labute approximate surface area is 169 Å². The topological polar surface area (TPSA) is 99.2 Å². The van der Waals surface area contributed by atoms with Gasteiger partial charge in [-0.15, -0.1) is 5.10 Å². The van der Waals surface area contributed by atoms with E-state index in [1.807, 2.05) is 0 Å². The van der Waals surface area contributed by atoms with Gasteiger partial charge in [0.15, 0.2) is 5.15 Å². The highest BCUT2D eigenvalue weighted by Crippen LogP contribution is 2.26. The summed E-state index contributed by atoms with van der Waals surface area (Å²) in [5, 5.41) is 17.7. The zero-order valence-electron chi connectivity index (χ0n) is 15.0. The first-order chi connectivity index (χ1) is 13.3. The van der Waals surface area contributed by atoms with E-state index in [2.05, 4.69) is 10.3 Å². The molecule has 1 N–H and O–H groups in total. The Morgan fingerprint density at radius 1 is 1.25 bits per heavy atom. The number of halogens is 2. The second kappa shape index (κ2) is 8.04. The van der Waals surface area contributed by atoms with Crippen molar-refractivity contribution < 1.29 is 14.6 Å². The zero-order valence-corrected chi connectivity index (χ0v) is 16.5. The predicted octanol–water partition coefficient (Wildman–Crippen LogP) is 2.98. The van der Waals surface area contributed by atoms with E-state index in [0.717, 1.165) is 10.1 Å². The second-order valence-corrected chi connectivity index (χ2v) is 6.89. The molecule has 0 spiro atoms. The molecule has 2 aromatic heterocycles. The van der Waals surface area contributed by atoms with Crippen molar-refractivity contribution >= 4 is 29.2 Å². The maximum absolute atomic E-state index is 12.4. The van der Waals surface area contributed by atoms with Gasteiger partial charge in [0.05, 0.1) is 25.2 Å². The highest BCUT2D eigenvalue weighted by atomic mass is 35.5. The summed E-state index contributed by atoms with van der Waals surface area (Å²) >= 11 is 12.0. The third-order valence-corrected chi connectivity index (χ3v) is 4.66. The summed E-state index contributed by atoms with van der Waals surface area (Å²) in [7, 11) is 1.45. The summed E-state index contributed by atoms with van der Waals surface area (Å²) in [6.07, 6.45) is 3.25. The summed E-state index contributed by atoms with van der Waals surface area (Å²) in [5.41, 5.74) is 1.58. The van der Waals surface area contributed by atoms with Crippen LogP contribution in [0.5, 0.6) is 5.75 Å². The molecule has 3 rings (SSSR count). The molecule has 28 heavy (non-hydrogen) atoms. The van der Waals surface area contributed by atoms with Gasteiger partial charge in [0.2, 0.25) is 0 Å². The first-order valence-corrected chi connectivity index (χ1v) is 8.94. The van der Waals surface area contributed by atoms with Crippen LogP contribution >= 0.6 is 23.2 Å². The molecule has 8 nitrogen and oxygen atoms in total. The number of aromatic nitrogens is 4. The van der Waals surface area contributed by atoms with Gasteiger partial charge in [-0.3, -0.25) is 9.36 Å². The first kappa shape index (κ1) is 19.9. The van der Waals surface area contributed by atoms with Crippen LogP contribution in [-0.2, 0) is 11.2 Å². The fraction of sp³-hybridized carbons (Fsp3) is 0.222. The standard InChI is InChI=1S/C18H16Cl2N4O4/c1-10(18(26)27)23-8-15(28-2)12(7-17(23)25)5-11-6-13(19)3-4-14(11)24-9-16(20)21-22-24/h3-4,6-10H,5H2,1-2H3,(H,26,27). The van der Waals surface area contributed by atoms with Crippen LogP contribution in [0.4, 0.5) is 0 Å². The summed E-state index contributed by atoms with van der Waals surface area (Å²) in [6, 6.07) is 5.56. The van der Waals surface area contributed by atoms with Crippen molar-refractivity contribution in [3.05, 3.63) is 68.3 Å². The van der Waals surface area contributed by atoms with Crippen LogP contribution in [-0.4, -0.2) is 37.7 Å². The SMILES string of the molecule is COc1cn(C(C)C(=O)O)c(=O)cc1Cc1cc(Cl)ccc1-n1cc(Cl)nn1. The zero-order chi connectivity index (χ0) is 20.4. The average Bonchev–Trinajstić information content (AvgIpc) is 3.07. The number of hydrogen-bond acceptors (Lipinski definition) is 5. The summed E-state index contributed by atoms with van der Waals surface area (Å²) in [6.45, 7) is 1.42. The maximum Gasteiger partial charge on any atom is 0.326 e. The fourth-order valence-corrected chi connectivity index (χ4v) is 3.12. The lowest BCUT2D eigenvalue weighted by molar-refractivity contribution is -0.140. The second-order valence-electron chi connectivity index (χ2n) is 6.06. The van der Waals surface area contributed by atoms with Crippen LogP contribution < -0.4 is 10.3 Å². The number of carboxylic acids is 1. The van der Waals surface area contributed by atoms with Crippen LogP contribution in [0.15, 0.2) is 41.5 Å². The molecule has 1 atom stereocenters. The fourth-order valence-electron chi connectivity index (χ4n) is 2.80. The van der Waals surface area contributed by atoms with Crippen LogP contribution in [0.3, 0.4) is 0 Å². The number of pyridine rings is 1. The molecule has 0 bridgehead atoms. The summed E-state index contributed by atoms with van der Waals surface area (Å²) < 4.78 is 8.00. The van der Waals surface area contributed by atoms with Crippen molar-refractivity contribution in [2.45, 2.75) is 19.4 Å². The van der Waals surface area contributed by atoms with Gasteiger partial charge in [-0.05, 0) is 30.7 Å². The lowest BCUT2D eigenvalue weighted by atomic mass is 10.0. The minimum atomic E-state index is -1.11. The van der Waals surface area contributed by atoms with E-state index in [1.165, 1.54) is 31.0 Å². The van der Waals surface area contributed by atoms with E-state index in [9.17, 15) is 14.7 Å². The van der Waals surface area contributed by atoms with Crippen LogP contribution in [0, 0.1) is 0 Å². The minimum absolute atomic E-state index is 0.240.